The minimum atomic E-state index is -0.480. The third-order valence-corrected chi connectivity index (χ3v) is 5.15. The van der Waals surface area contributed by atoms with E-state index in [0.717, 1.165) is 14.4 Å². The highest BCUT2D eigenvalue weighted by Crippen LogP contribution is 2.28. The number of pyridine rings is 1. The standard InChI is InChI=1S/C19H15BrN4O4/c1-9-12-6-10(20)4-5-14(12)28-15(9)17(25)22-11-7-13-16(21-8-11)23(2)19(27)24(3)18(13)26/h4-8H,1-3H3,(H,22,25). The Morgan fingerprint density at radius 3 is 2.64 bits per heavy atom. The predicted molar refractivity (Wildman–Crippen MR) is 109 cm³/mol. The number of benzene rings is 1. The van der Waals surface area contributed by atoms with E-state index in [1.54, 1.807) is 13.0 Å². The van der Waals surface area contributed by atoms with E-state index in [2.05, 4.69) is 26.2 Å². The molecule has 1 amide bonds. The number of nitrogens with one attached hydrogen (secondary N) is 1. The second-order valence-electron chi connectivity index (χ2n) is 6.45. The Kier molecular flexibility index (Phi) is 4.19. The van der Waals surface area contributed by atoms with Gasteiger partial charge in [-0.05, 0) is 31.2 Å². The SMILES string of the molecule is Cc1c(C(=O)Nc2cnc3c(c2)c(=O)n(C)c(=O)n3C)oc2ccc(Br)cc12. The summed E-state index contributed by atoms with van der Waals surface area (Å²) >= 11 is 3.41. The van der Waals surface area contributed by atoms with E-state index in [9.17, 15) is 14.4 Å². The highest BCUT2D eigenvalue weighted by molar-refractivity contribution is 9.10. The summed E-state index contributed by atoms with van der Waals surface area (Å²) < 4.78 is 8.85. The summed E-state index contributed by atoms with van der Waals surface area (Å²) in [6, 6.07) is 6.99. The summed E-state index contributed by atoms with van der Waals surface area (Å²) in [5.41, 5.74) is 0.940. The van der Waals surface area contributed by atoms with Gasteiger partial charge in [0.15, 0.2) is 5.76 Å². The molecule has 0 saturated heterocycles. The number of carbonyl (C=O) groups is 1. The fraction of sp³-hybridized carbons (Fsp3) is 0.158. The molecule has 8 nitrogen and oxygen atoms in total. The van der Waals surface area contributed by atoms with Gasteiger partial charge in [0, 0.05) is 29.5 Å². The number of anilines is 1. The van der Waals surface area contributed by atoms with E-state index < -0.39 is 17.2 Å². The van der Waals surface area contributed by atoms with Crippen LogP contribution in [0.4, 0.5) is 5.69 Å². The third kappa shape index (κ3) is 2.75. The number of hydrogen-bond donors (Lipinski definition) is 1. The van der Waals surface area contributed by atoms with Gasteiger partial charge in [0.05, 0.1) is 17.3 Å². The molecule has 0 aliphatic heterocycles. The molecule has 3 aromatic heterocycles. The fourth-order valence-electron chi connectivity index (χ4n) is 3.13. The van der Waals surface area contributed by atoms with Crippen molar-refractivity contribution in [3.8, 4) is 0 Å². The molecular formula is C19H15BrN4O4. The van der Waals surface area contributed by atoms with Crippen molar-refractivity contribution in [1.29, 1.82) is 0 Å². The van der Waals surface area contributed by atoms with Crippen molar-refractivity contribution in [3.63, 3.8) is 0 Å². The second-order valence-corrected chi connectivity index (χ2v) is 7.37. The maximum absolute atomic E-state index is 12.7. The van der Waals surface area contributed by atoms with Gasteiger partial charge in [0.1, 0.15) is 11.2 Å². The van der Waals surface area contributed by atoms with E-state index >= 15 is 0 Å². The Balaban J connectivity index is 1.76. The molecule has 28 heavy (non-hydrogen) atoms. The number of nitrogens with zero attached hydrogens (tertiary/aromatic N) is 3. The van der Waals surface area contributed by atoms with Crippen LogP contribution in [0.15, 0.2) is 48.9 Å². The number of aromatic nitrogens is 3. The van der Waals surface area contributed by atoms with E-state index in [-0.39, 0.29) is 16.8 Å². The van der Waals surface area contributed by atoms with Gasteiger partial charge < -0.3 is 9.73 Å². The maximum atomic E-state index is 12.7. The summed E-state index contributed by atoms with van der Waals surface area (Å²) in [5.74, 6) is -0.269. The molecule has 1 aromatic carbocycles. The third-order valence-electron chi connectivity index (χ3n) is 4.66. The monoisotopic (exact) mass is 442 g/mol. The average Bonchev–Trinajstić information content (AvgIpc) is 3.01. The van der Waals surface area contributed by atoms with E-state index in [4.69, 9.17) is 4.42 Å². The van der Waals surface area contributed by atoms with Gasteiger partial charge in [-0.25, -0.2) is 9.78 Å². The number of furan rings is 1. The lowest BCUT2D eigenvalue weighted by Gasteiger charge is -2.08. The molecule has 0 radical (unpaired) electrons. The van der Waals surface area contributed by atoms with Crippen LogP contribution in [0, 0.1) is 6.92 Å². The lowest BCUT2D eigenvalue weighted by atomic mass is 10.1. The van der Waals surface area contributed by atoms with Crippen molar-refractivity contribution in [2.75, 3.05) is 5.32 Å². The van der Waals surface area contributed by atoms with E-state index in [1.807, 2.05) is 12.1 Å². The van der Waals surface area contributed by atoms with Crippen LogP contribution in [0.25, 0.3) is 22.0 Å². The highest BCUT2D eigenvalue weighted by atomic mass is 79.9. The highest BCUT2D eigenvalue weighted by Gasteiger charge is 2.19. The first kappa shape index (κ1) is 18.2. The first-order chi connectivity index (χ1) is 13.3. The van der Waals surface area contributed by atoms with Crippen LogP contribution >= 0.6 is 15.9 Å². The van der Waals surface area contributed by atoms with Crippen molar-refractivity contribution in [2.45, 2.75) is 6.92 Å². The molecule has 0 saturated carbocycles. The van der Waals surface area contributed by atoms with Crippen LogP contribution in [0.3, 0.4) is 0 Å². The number of amides is 1. The van der Waals surface area contributed by atoms with Crippen LogP contribution < -0.4 is 16.6 Å². The van der Waals surface area contributed by atoms with Gasteiger partial charge in [-0.15, -0.1) is 0 Å². The number of halogens is 1. The molecule has 0 bridgehead atoms. The maximum Gasteiger partial charge on any atom is 0.332 e. The first-order valence-electron chi connectivity index (χ1n) is 8.33. The molecule has 0 fully saturated rings. The van der Waals surface area contributed by atoms with Crippen molar-refractivity contribution in [3.05, 3.63) is 67.1 Å². The van der Waals surface area contributed by atoms with Crippen molar-refractivity contribution in [2.24, 2.45) is 14.1 Å². The van der Waals surface area contributed by atoms with Gasteiger partial charge in [-0.2, -0.15) is 0 Å². The fourth-order valence-corrected chi connectivity index (χ4v) is 3.49. The Bertz CT molecular complexity index is 1400. The number of carbonyl (C=O) groups excluding carboxylic acids is 1. The van der Waals surface area contributed by atoms with Crippen molar-refractivity contribution >= 4 is 49.5 Å². The van der Waals surface area contributed by atoms with Gasteiger partial charge in [-0.1, -0.05) is 15.9 Å². The van der Waals surface area contributed by atoms with Crippen molar-refractivity contribution in [1.82, 2.24) is 14.1 Å². The molecule has 4 rings (SSSR count). The molecule has 0 unspecified atom stereocenters. The normalized spacial score (nSPS) is 11.3. The Hall–Kier alpha value is -3.20. The topological polar surface area (TPSA) is 99.1 Å². The predicted octanol–water partition coefficient (Wildman–Crippen LogP) is 2.70. The van der Waals surface area contributed by atoms with Gasteiger partial charge in [-0.3, -0.25) is 18.7 Å². The molecule has 0 aliphatic carbocycles. The Labute approximate surface area is 166 Å². The first-order valence-corrected chi connectivity index (χ1v) is 9.13. The zero-order valence-electron chi connectivity index (χ0n) is 15.2. The molecule has 0 spiro atoms. The van der Waals surface area contributed by atoms with E-state index in [0.29, 0.717) is 16.8 Å². The summed E-state index contributed by atoms with van der Waals surface area (Å²) in [6.45, 7) is 1.80. The lowest BCUT2D eigenvalue weighted by molar-refractivity contribution is 0.0998. The molecule has 3 heterocycles. The summed E-state index contributed by atoms with van der Waals surface area (Å²) in [5, 5.41) is 3.77. The van der Waals surface area contributed by atoms with Crippen LogP contribution in [0.1, 0.15) is 16.1 Å². The largest absolute Gasteiger partial charge is 0.451 e. The molecular weight excluding hydrogens is 428 g/mol. The zero-order chi connectivity index (χ0) is 20.2. The molecule has 4 aromatic rings. The van der Waals surface area contributed by atoms with Crippen LogP contribution in [-0.2, 0) is 14.1 Å². The van der Waals surface area contributed by atoms with Crippen molar-refractivity contribution < 1.29 is 9.21 Å². The second kappa shape index (κ2) is 6.45. The zero-order valence-corrected chi connectivity index (χ0v) is 16.8. The quantitative estimate of drug-likeness (QED) is 0.514. The Morgan fingerprint density at radius 2 is 1.89 bits per heavy atom. The molecule has 0 aliphatic rings. The minimum absolute atomic E-state index is 0.182. The summed E-state index contributed by atoms with van der Waals surface area (Å²) in [7, 11) is 2.93. The summed E-state index contributed by atoms with van der Waals surface area (Å²) in [6.07, 6.45) is 1.40. The average molecular weight is 443 g/mol. The number of aryl methyl sites for hydroxylation is 2. The number of fused-ring (bicyclic) bond motifs is 2. The smallest absolute Gasteiger partial charge is 0.332 e. The van der Waals surface area contributed by atoms with E-state index in [1.165, 1.54) is 30.9 Å². The molecule has 1 N–H and O–H groups in total. The van der Waals surface area contributed by atoms with Gasteiger partial charge >= 0.3 is 5.69 Å². The van der Waals surface area contributed by atoms with Crippen LogP contribution in [-0.4, -0.2) is 20.0 Å². The molecule has 142 valence electrons. The molecule has 0 atom stereocenters. The summed E-state index contributed by atoms with van der Waals surface area (Å²) in [4.78, 5) is 41.3. The van der Waals surface area contributed by atoms with Gasteiger partial charge in [0.25, 0.3) is 11.5 Å². The van der Waals surface area contributed by atoms with Crippen LogP contribution in [0.5, 0.6) is 0 Å². The minimum Gasteiger partial charge on any atom is -0.451 e. The van der Waals surface area contributed by atoms with Crippen LogP contribution in [0.2, 0.25) is 0 Å². The number of hydrogen-bond acceptors (Lipinski definition) is 5. The molecule has 9 heteroatoms. The Morgan fingerprint density at radius 1 is 1.14 bits per heavy atom. The van der Waals surface area contributed by atoms with Gasteiger partial charge in [0.2, 0.25) is 0 Å². The lowest BCUT2D eigenvalue weighted by Crippen LogP contribution is -2.37. The number of rotatable bonds is 2.